The van der Waals surface area contributed by atoms with Gasteiger partial charge in [0.05, 0.1) is 11.9 Å². The van der Waals surface area contributed by atoms with Crippen molar-refractivity contribution in [2.24, 2.45) is 0 Å². The fourth-order valence-electron chi connectivity index (χ4n) is 2.76. The van der Waals surface area contributed by atoms with E-state index in [2.05, 4.69) is 5.32 Å². The summed E-state index contributed by atoms with van der Waals surface area (Å²) in [5, 5.41) is 2.82. The lowest BCUT2D eigenvalue weighted by molar-refractivity contribution is 0.0834. The van der Waals surface area contributed by atoms with Crippen molar-refractivity contribution in [3.8, 4) is 0 Å². The van der Waals surface area contributed by atoms with Gasteiger partial charge in [0.15, 0.2) is 5.76 Å². The SMILES string of the molecule is Cc1ccc(C[S@](=O)Cc2ccc(C(=O)NC[C@@H]3CCCO3)o2)cc1. The van der Waals surface area contributed by atoms with E-state index in [0.29, 0.717) is 23.8 Å². The first-order valence-electron chi connectivity index (χ1n) is 8.49. The van der Waals surface area contributed by atoms with E-state index in [4.69, 9.17) is 9.15 Å². The highest BCUT2D eigenvalue weighted by atomic mass is 32.2. The molecule has 2 aromatic rings. The average molecular weight is 361 g/mol. The summed E-state index contributed by atoms with van der Waals surface area (Å²) >= 11 is 0. The van der Waals surface area contributed by atoms with Crippen molar-refractivity contribution in [3.05, 3.63) is 59.0 Å². The Morgan fingerprint density at radius 3 is 2.72 bits per heavy atom. The fraction of sp³-hybridized carbons (Fsp3) is 0.421. The molecule has 2 heterocycles. The molecule has 1 aliphatic rings. The van der Waals surface area contributed by atoms with Crippen LogP contribution >= 0.6 is 0 Å². The van der Waals surface area contributed by atoms with Gasteiger partial charge < -0.3 is 14.5 Å². The van der Waals surface area contributed by atoms with Crippen molar-refractivity contribution in [1.29, 1.82) is 0 Å². The summed E-state index contributed by atoms with van der Waals surface area (Å²) in [4.78, 5) is 12.1. The predicted octanol–water partition coefficient (Wildman–Crippen LogP) is 2.95. The lowest BCUT2D eigenvalue weighted by Crippen LogP contribution is -2.31. The first-order chi connectivity index (χ1) is 12.1. The third-order valence-electron chi connectivity index (χ3n) is 4.15. The van der Waals surface area contributed by atoms with Crippen LogP contribution in [0.2, 0.25) is 0 Å². The highest BCUT2D eigenvalue weighted by molar-refractivity contribution is 7.83. The van der Waals surface area contributed by atoms with E-state index in [1.54, 1.807) is 12.1 Å². The summed E-state index contributed by atoms with van der Waals surface area (Å²) in [5.74, 6) is 1.33. The highest BCUT2D eigenvalue weighted by Gasteiger charge is 2.18. The zero-order chi connectivity index (χ0) is 17.6. The lowest BCUT2D eigenvalue weighted by atomic mass is 10.2. The monoisotopic (exact) mass is 361 g/mol. The first-order valence-corrected chi connectivity index (χ1v) is 9.98. The van der Waals surface area contributed by atoms with Gasteiger partial charge in [-0.2, -0.15) is 0 Å². The van der Waals surface area contributed by atoms with Crippen molar-refractivity contribution in [2.75, 3.05) is 13.2 Å². The second-order valence-electron chi connectivity index (χ2n) is 6.33. The normalized spacial score (nSPS) is 18.2. The van der Waals surface area contributed by atoms with E-state index in [9.17, 15) is 9.00 Å². The Morgan fingerprint density at radius 2 is 2.00 bits per heavy atom. The number of hydrogen-bond donors (Lipinski definition) is 1. The van der Waals surface area contributed by atoms with Crippen molar-refractivity contribution in [3.63, 3.8) is 0 Å². The van der Waals surface area contributed by atoms with Gasteiger partial charge in [-0.05, 0) is 37.5 Å². The van der Waals surface area contributed by atoms with E-state index in [0.717, 1.165) is 25.0 Å². The van der Waals surface area contributed by atoms with Gasteiger partial charge in [-0.25, -0.2) is 0 Å². The van der Waals surface area contributed by atoms with Crippen LogP contribution in [-0.4, -0.2) is 29.4 Å². The number of carbonyl (C=O) groups excluding carboxylic acids is 1. The Balaban J connectivity index is 1.49. The maximum absolute atomic E-state index is 12.3. The molecule has 0 unspecified atom stereocenters. The second kappa shape index (κ2) is 8.45. The molecule has 5 nitrogen and oxygen atoms in total. The maximum atomic E-state index is 12.3. The summed E-state index contributed by atoms with van der Waals surface area (Å²) in [6.45, 7) is 3.28. The van der Waals surface area contributed by atoms with Gasteiger partial charge in [-0.1, -0.05) is 29.8 Å². The Hall–Kier alpha value is -1.92. The molecule has 3 rings (SSSR count). The van der Waals surface area contributed by atoms with E-state index in [1.807, 2.05) is 31.2 Å². The molecular formula is C19H23NO4S. The fourth-order valence-corrected chi connectivity index (χ4v) is 3.90. The number of benzene rings is 1. The largest absolute Gasteiger partial charge is 0.455 e. The molecule has 1 fully saturated rings. The predicted molar refractivity (Wildman–Crippen MR) is 96.7 cm³/mol. The molecule has 0 radical (unpaired) electrons. The van der Waals surface area contributed by atoms with Gasteiger partial charge in [-0.3, -0.25) is 9.00 Å². The van der Waals surface area contributed by atoms with Crippen LogP contribution < -0.4 is 5.32 Å². The summed E-state index contributed by atoms with van der Waals surface area (Å²) in [6, 6.07) is 11.3. The Bertz CT molecular complexity index is 732. The highest BCUT2D eigenvalue weighted by Crippen LogP contribution is 2.14. The minimum atomic E-state index is -1.08. The zero-order valence-corrected chi connectivity index (χ0v) is 15.1. The van der Waals surface area contributed by atoms with Crippen LogP contribution in [0, 0.1) is 6.92 Å². The average Bonchev–Trinajstić information content (AvgIpc) is 3.26. The van der Waals surface area contributed by atoms with Gasteiger partial charge >= 0.3 is 0 Å². The molecule has 0 bridgehead atoms. The number of ether oxygens (including phenoxy) is 1. The third-order valence-corrected chi connectivity index (χ3v) is 5.41. The minimum Gasteiger partial charge on any atom is -0.455 e. The van der Waals surface area contributed by atoms with Gasteiger partial charge in [0.1, 0.15) is 5.76 Å². The van der Waals surface area contributed by atoms with Crippen molar-refractivity contribution >= 4 is 16.7 Å². The molecule has 1 aromatic heterocycles. The van der Waals surface area contributed by atoms with Crippen molar-refractivity contribution < 1.29 is 18.2 Å². The second-order valence-corrected chi connectivity index (χ2v) is 7.78. The number of furan rings is 1. The Morgan fingerprint density at radius 1 is 1.20 bits per heavy atom. The topological polar surface area (TPSA) is 68.5 Å². The van der Waals surface area contributed by atoms with E-state index in [1.165, 1.54) is 5.56 Å². The molecule has 1 amide bonds. The molecule has 1 aromatic carbocycles. The minimum absolute atomic E-state index is 0.0976. The van der Waals surface area contributed by atoms with Crippen molar-refractivity contribution in [2.45, 2.75) is 37.4 Å². The van der Waals surface area contributed by atoms with Gasteiger partial charge in [-0.15, -0.1) is 0 Å². The Labute approximate surface area is 150 Å². The molecule has 0 spiro atoms. The number of nitrogens with one attached hydrogen (secondary N) is 1. The summed E-state index contributed by atoms with van der Waals surface area (Å²) in [5.41, 5.74) is 2.21. The van der Waals surface area contributed by atoms with E-state index in [-0.39, 0.29) is 17.8 Å². The molecular weight excluding hydrogens is 338 g/mol. The van der Waals surface area contributed by atoms with Crippen LogP contribution in [0.5, 0.6) is 0 Å². The zero-order valence-electron chi connectivity index (χ0n) is 14.3. The molecule has 0 saturated carbocycles. The molecule has 1 saturated heterocycles. The quantitative estimate of drug-likeness (QED) is 0.823. The molecule has 1 aliphatic heterocycles. The summed E-state index contributed by atoms with van der Waals surface area (Å²) in [7, 11) is -1.08. The van der Waals surface area contributed by atoms with Crippen LogP contribution in [-0.2, 0) is 27.0 Å². The van der Waals surface area contributed by atoms with Crippen LogP contribution in [0.15, 0.2) is 40.8 Å². The summed E-state index contributed by atoms with van der Waals surface area (Å²) < 4.78 is 23.3. The molecule has 6 heteroatoms. The maximum Gasteiger partial charge on any atom is 0.287 e. The van der Waals surface area contributed by atoms with Crippen LogP contribution in [0.3, 0.4) is 0 Å². The third kappa shape index (κ3) is 5.28. The first kappa shape index (κ1) is 17.9. The summed E-state index contributed by atoms with van der Waals surface area (Å²) in [6.07, 6.45) is 2.11. The number of aryl methyl sites for hydroxylation is 1. The van der Waals surface area contributed by atoms with Gasteiger partial charge in [0.25, 0.3) is 5.91 Å². The lowest BCUT2D eigenvalue weighted by Gasteiger charge is -2.09. The van der Waals surface area contributed by atoms with Crippen LogP contribution in [0.4, 0.5) is 0 Å². The standard InChI is InChI=1S/C19H23NO4S/c1-14-4-6-15(7-5-14)12-25(22)13-17-8-9-18(24-17)19(21)20-11-16-3-2-10-23-16/h4-9,16H,2-3,10-13H2,1H3,(H,20,21)/t16-,25-/m0/s1. The smallest absolute Gasteiger partial charge is 0.287 e. The Kier molecular flexibility index (Phi) is 6.04. The molecule has 134 valence electrons. The van der Waals surface area contributed by atoms with Gasteiger partial charge in [0.2, 0.25) is 0 Å². The van der Waals surface area contributed by atoms with E-state index < -0.39 is 10.8 Å². The van der Waals surface area contributed by atoms with Crippen LogP contribution in [0.25, 0.3) is 0 Å². The van der Waals surface area contributed by atoms with Crippen molar-refractivity contribution in [1.82, 2.24) is 5.32 Å². The number of carbonyl (C=O) groups is 1. The number of rotatable bonds is 7. The molecule has 2 atom stereocenters. The van der Waals surface area contributed by atoms with Crippen LogP contribution in [0.1, 0.15) is 40.3 Å². The number of hydrogen-bond acceptors (Lipinski definition) is 4. The number of amides is 1. The molecule has 1 N–H and O–H groups in total. The van der Waals surface area contributed by atoms with E-state index >= 15 is 0 Å². The van der Waals surface area contributed by atoms with Gasteiger partial charge in [0, 0.05) is 29.7 Å². The molecule has 0 aliphatic carbocycles. The molecule has 25 heavy (non-hydrogen) atoms.